The van der Waals surface area contributed by atoms with Crippen LogP contribution in [0.25, 0.3) is 0 Å². The molecule has 0 fully saturated rings. The molecule has 1 heterocycles. The van der Waals surface area contributed by atoms with Crippen molar-refractivity contribution >= 4 is 27.8 Å². The fourth-order valence-corrected chi connectivity index (χ4v) is 2.06. The van der Waals surface area contributed by atoms with Gasteiger partial charge < -0.3 is 14.6 Å². The third kappa shape index (κ3) is 3.59. The van der Waals surface area contributed by atoms with Gasteiger partial charge in [0.25, 0.3) is 5.91 Å². The topological polar surface area (TPSA) is 62.5 Å². The minimum atomic E-state index is -0.899. The van der Waals surface area contributed by atoms with Crippen LogP contribution in [0, 0.1) is 0 Å². The van der Waals surface area contributed by atoms with E-state index in [9.17, 15) is 9.59 Å². The van der Waals surface area contributed by atoms with Crippen molar-refractivity contribution in [2.45, 2.75) is 13.3 Å². The van der Waals surface area contributed by atoms with Crippen LogP contribution in [0.1, 0.15) is 23.8 Å². The van der Waals surface area contributed by atoms with Crippen LogP contribution >= 0.6 is 15.9 Å². The van der Waals surface area contributed by atoms with Gasteiger partial charge in [-0.15, -0.1) is 0 Å². The number of rotatable bonds is 5. The summed E-state index contributed by atoms with van der Waals surface area (Å²) in [5.74, 6) is -1.05. The van der Waals surface area contributed by atoms with E-state index in [4.69, 9.17) is 5.11 Å². The van der Waals surface area contributed by atoms with Crippen molar-refractivity contribution < 1.29 is 14.7 Å². The molecule has 17 heavy (non-hydrogen) atoms. The van der Waals surface area contributed by atoms with Gasteiger partial charge in [-0.2, -0.15) is 0 Å². The molecule has 0 spiro atoms. The molecular weight excluding hydrogens is 288 g/mol. The minimum Gasteiger partial charge on any atom is -0.481 e. The number of carboxylic acid groups (broad SMARTS) is 1. The van der Waals surface area contributed by atoms with Gasteiger partial charge in [-0.3, -0.25) is 9.59 Å². The summed E-state index contributed by atoms with van der Waals surface area (Å²) in [7, 11) is 1.78. The molecule has 94 valence electrons. The van der Waals surface area contributed by atoms with Crippen molar-refractivity contribution in [1.29, 1.82) is 0 Å². The summed E-state index contributed by atoms with van der Waals surface area (Å²) in [4.78, 5) is 24.1. The molecule has 1 rings (SSSR count). The summed E-state index contributed by atoms with van der Waals surface area (Å²) in [5, 5.41) is 8.62. The van der Waals surface area contributed by atoms with E-state index in [1.165, 1.54) is 4.90 Å². The first-order chi connectivity index (χ1) is 7.95. The Kier molecular flexibility index (Phi) is 4.74. The number of hydrogen-bond donors (Lipinski definition) is 1. The predicted octanol–water partition coefficient (Wildman–Crippen LogP) is 1.72. The zero-order valence-electron chi connectivity index (χ0n) is 9.81. The predicted molar refractivity (Wildman–Crippen MR) is 66.9 cm³/mol. The zero-order valence-corrected chi connectivity index (χ0v) is 11.4. The van der Waals surface area contributed by atoms with Crippen molar-refractivity contribution in [2.24, 2.45) is 7.05 Å². The molecule has 0 saturated heterocycles. The Morgan fingerprint density at radius 1 is 1.53 bits per heavy atom. The zero-order chi connectivity index (χ0) is 13.0. The molecule has 1 amide bonds. The molecule has 0 aliphatic heterocycles. The Hall–Kier alpha value is -1.30. The van der Waals surface area contributed by atoms with E-state index in [0.717, 1.165) is 4.47 Å². The van der Waals surface area contributed by atoms with Gasteiger partial charge in [-0.05, 0) is 28.9 Å². The molecule has 6 heteroatoms. The first kappa shape index (κ1) is 13.8. The fourth-order valence-electron chi connectivity index (χ4n) is 1.53. The van der Waals surface area contributed by atoms with Crippen LogP contribution in [0.2, 0.25) is 0 Å². The van der Waals surface area contributed by atoms with Crippen molar-refractivity contribution in [2.75, 3.05) is 13.1 Å². The van der Waals surface area contributed by atoms with Crippen LogP contribution in [-0.4, -0.2) is 39.5 Å². The summed E-state index contributed by atoms with van der Waals surface area (Å²) >= 11 is 3.30. The molecular formula is C11H15BrN2O3. The quantitative estimate of drug-likeness (QED) is 0.901. The summed E-state index contributed by atoms with van der Waals surface area (Å²) in [6.45, 7) is 2.56. The Labute approximate surface area is 108 Å². The lowest BCUT2D eigenvalue weighted by molar-refractivity contribution is -0.137. The summed E-state index contributed by atoms with van der Waals surface area (Å²) in [6, 6.07) is 1.73. The molecule has 0 radical (unpaired) electrons. The first-order valence-electron chi connectivity index (χ1n) is 5.28. The third-order valence-electron chi connectivity index (χ3n) is 2.46. The van der Waals surface area contributed by atoms with E-state index in [0.29, 0.717) is 12.2 Å². The average molecular weight is 303 g/mol. The highest BCUT2D eigenvalue weighted by Gasteiger charge is 2.18. The molecule has 5 nitrogen and oxygen atoms in total. The molecule has 0 bridgehead atoms. The highest BCUT2D eigenvalue weighted by atomic mass is 79.9. The van der Waals surface area contributed by atoms with Crippen LogP contribution in [0.5, 0.6) is 0 Å². The molecule has 1 aromatic heterocycles. The number of nitrogens with zero attached hydrogens (tertiary/aromatic N) is 2. The van der Waals surface area contributed by atoms with E-state index in [1.807, 2.05) is 6.92 Å². The number of carbonyl (C=O) groups is 2. The Bertz CT molecular complexity index is 428. The van der Waals surface area contributed by atoms with E-state index in [2.05, 4.69) is 15.9 Å². The number of carboxylic acids is 1. The van der Waals surface area contributed by atoms with Crippen molar-refractivity contribution in [1.82, 2.24) is 9.47 Å². The van der Waals surface area contributed by atoms with Crippen LogP contribution < -0.4 is 0 Å². The first-order valence-corrected chi connectivity index (χ1v) is 6.08. The molecule has 0 unspecified atom stereocenters. The summed E-state index contributed by atoms with van der Waals surface area (Å²) in [6.07, 6.45) is 1.75. The van der Waals surface area contributed by atoms with Crippen molar-refractivity contribution in [3.63, 3.8) is 0 Å². The lowest BCUT2D eigenvalue weighted by atomic mass is 10.3. The fraction of sp³-hybridized carbons (Fsp3) is 0.455. The Morgan fingerprint density at radius 2 is 2.18 bits per heavy atom. The Morgan fingerprint density at radius 3 is 2.59 bits per heavy atom. The van der Waals surface area contributed by atoms with Crippen LogP contribution in [-0.2, 0) is 11.8 Å². The minimum absolute atomic E-state index is 0.0365. The number of aryl methyl sites for hydroxylation is 1. The van der Waals surface area contributed by atoms with E-state index in [1.54, 1.807) is 23.9 Å². The van der Waals surface area contributed by atoms with Gasteiger partial charge in [0.05, 0.1) is 6.42 Å². The van der Waals surface area contributed by atoms with Gasteiger partial charge in [0.15, 0.2) is 0 Å². The molecule has 0 aromatic carbocycles. The number of halogens is 1. The van der Waals surface area contributed by atoms with Gasteiger partial charge in [-0.25, -0.2) is 0 Å². The second-order valence-electron chi connectivity index (χ2n) is 3.68. The van der Waals surface area contributed by atoms with Gasteiger partial charge in [-0.1, -0.05) is 0 Å². The van der Waals surface area contributed by atoms with E-state index >= 15 is 0 Å². The van der Waals surface area contributed by atoms with Crippen LogP contribution in [0.15, 0.2) is 16.7 Å². The third-order valence-corrected chi connectivity index (χ3v) is 2.89. The Balaban J connectivity index is 2.79. The summed E-state index contributed by atoms with van der Waals surface area (Å²) in [5.41, 5.74) is 0.545. The van der Waals surface area contributed by atoms with E-state index < -0.39 is 5.97 Å². The molecule has 0 aliphatic carbocycles. The smallest absolute Gasteiger partial charge is 0.305 e. The lowest BCUT2D eigenvalue weighted by Gasteiger charge is -2.20. The highest BCUT2D eigenvalue weighted by molar-refractivity contribution is 9.10. The number of hydrogen-bond acceptors (Lipinski definition) is 2. The molecule has 0 aliphatic rings. The maximum Gasteiger partial charge on any atom is 0.305 e. The number of carbonyl (C=O) groups excluding carboxylic acids is 1. The summed E-state index contributed by atoms with van der Waals surface area (Å²) < 4.78 is 2.55. The van der Waals surface area contributed by atoms with Gasteiger partial charge in [0.1, 0.15) is 5.69 Å². The number of amides is 1. The maximum absolute atomic E-state index is 12.1. The molecule has 1 N–H and O–H groups in total. The SMILES string of the molecule is CCN(CCC(=O)O)C(=O)c1cc(Br)cn1C. The van der Waals surface area contributed by atoms with E-state index in [-0.39, 0.29) is 18.9 Å². The highest BCUT2D eigenvalue weighted by Crippen LogP contribution is 2.15. The van der Waals surface area contributed by atoms with Gasteiger partial charge >= 0.3 is 5.97 Å². The van der Waals surface area contributed by atoms with Crippen molar-refractivity contribution in [3.8, 4) is 0 Å². The van der Waals surface area contributed by atoms with Crippen LogP contribution in [0.3, 0.4) is 0 Å². The maximum atomic E-state index is 12.1. The largest absolute Gasteiger partial charge is 0.481 e. The molecule has 0 saturated carbocycles. The molecule has 1 aromatic rings. The van der Waals surface area contributed by atoms with Crippen molar-refractivity contribution in [3.05, 3.63) is 22.4 Å². The van der Waals surface area contributed by atoms with Gasteiger partial charge in [0, 0.05) is 30.8 Å². The standard InChI is InChI=1S/C11H15BrN2O3/c1-3-14(5-4-10(15)16)11(17)9-6-8(12)7-13(9)2/h6-7H,3-5H2,1-2H3,(H,15,16). The normalized spacial score (nSPS) is 10.3. The monoisotopic (exact) mass is 302 g/mol. The van der Waals surface area contributed by atoms with Crippen LogP contribution in [0.4, 0.5) is 0 Å². The number of aromatic nitrogens is 1. The second-order valence-corrected chi connectivity index (χ2v) is 4.60. The van der Waals surface area contributed by atoms with Gasteiger partial charge in [0.2, 0.25) is 0 Å². The molecule has 0 atom stereocenters. The average Bonchev–Trinajstić information content (AvgIpc) is 2.58. The lowest BCUT2D eigenvalue weighted by Crippen LogP contribution is -2.33. The number of aliphatic carboxylic acids is 1. The second kappa shape index (κ2) is 5.86.